The van der Waals surface area contributed by atoms with Crippen molar-refractivity contribution in [1.82, 2.24) is 0 Å². The van der Waals surface area contributed by atoms with E-state index in [0.29, 0.717) is 6.54 Å². The largest absolute Gasteiger partial charge is 0.478 e. The molecular formula is C11H15NO3. The van der Waals surface area contributed by atoms with Gasteiger partial charge in [-0.2, -0.15) is 0 Å². The molecule has 0 unspecified atom stereocenters. The molecule has 0 saturated carbocycles. The van der Waals surface area contributed by atoms with Crippen molar-refractivity contribution in [2.75, 3.05) is 13.2 Å². The van der Waals surface area contributed by atoms with Crippen molar-refractivity contribution >= 4 is 12.0 Å². The Labute approximate surface area is 88.7 Å². The quantitative estimate of drug-likeness (QED) is 0.640. The van der Waals surface area contributed by atoms with Crippen molar-refractivity contribution in [2.45, 2.75) is 0 Å². The maximum Gasteiger partial charge on any atom is 0.328 e. The molecule has 0 amide bonds. The van der Waals surface area contributed by atoms with Crippen molar-refractivity contribution < 1.29 is 15.0 Å². The van der Waals surface area contributed by atoms with Gasteiger partial charge in [-0.15, -0.1) is 0 Å². The minimum absolute atomic E-state index is 0.0972. The first-order chi connectivity index (χ1) is 7.20. The molecule has 1 aromatic rings. The summed E-state index contributed by atoms with van der Waals surface area (Å²) in [5, 5.41) is 16.0. The number of benzene rings is 1. The highest BCUT2D eigenvalue weighted by Crippen LogP contribution is 1.99. The molecule has 1 aromatic carbocycles. The summed E-state index contributed by atoms with van der Waals surface area (Å²) in [6, 6.07) is 9.31. The molecule has 0 aliphatic heterocycles. The highest BCUT2D eigenvalue weighted by atomic mass is 16.4. The van der Waals surface area contributed by atoms with Gasteiger partial charge >= 0.3 is 5.97 Å². The molecule has 0 saturated heterocycles. The predicted molar refractivity (Wildman–Crippen MR) is 59.3 cm³/mol. The van der Waals surface area contributed by atoms with Crippen LogP contribution in [0.4, 0.5) is 0 Å². The summed E-state index contributed by atoms with van der Waals surface area (Å²) in [5.41, 5.74) is 5.68. The van der Waals surface area contributed by atoms with Gasteiger partial charge in [0.15, 0.2) is 0 Å². The molecule has 15 heavy (non-hydrogen) atoms. The second-order valence-corrected chi connectivity index (χ2v) is 2.59. The fraction of sp³-hybridized carbons (Fsp3) is 0.182. The molecule has 4 N–H and O–H groups in total. The third-order valence-electron chi connectivity index (χ3n) is 1.35. The molecule has 1 rings (SSSR count). The topological polar surface area (TPSA) is 83.5 Å². The van der Waals surface area contributed by atoms with Crippen molar-refractivity contribution in [1.29, 1.82) is 0 Å². The van der Waals surface area contributed by atoms with Crippen LogP contribution >= 0.6 is 0 Å². The average Bonchev–Trinajstić information content (AvgIpc) is 2.28. The number of nitrogens with two attached hydrogens (primary N) is 1. The molecule has 0 radical (unpaired) electrons. The summed E-state index contributed by atoms with van der Waals surface area (Å²) in [6.07, 6.45) is 2.68. The zero-order valence-electron chi connectivity index (χ0n) is 8.34. The van der Waals surface area contributed by atoms with Gasteiger partial charge in [0.2, 0.25) is 0 Å². The summed E-state index contributed by atoms with van der Waals surface area (Å²) in [4.78, 5) is 10.1. The number of carboxylic acids is 1. The van der Waals surface area contributed by atoms with Crippen LogP contribution < -0.4 is 5.73 Å². The molecule has 0 spiro atoms. The van der Waals surface area contributed by atoms with Gasteiger partial charge in [0.25, 0.3) is 0 Å². The van der Waals surface area contributed by atoms with Crippen LogP contribution in [0.25, 0.3) is 6.08 Å². The third-order valence-corrected chi connectivity index (χ3v) is 1.35. The summed E-state index contributed by atoms with van der Waals surface area (Å²) >= 11 is 0. The van der Waals surface area contributed by atoms with E-state index in [2.05, 4.69) is 0 Å². The Morgan fingerprint density at radius 2 is 1.87 bits per heavy atom. The van der Waals surface area contributed by atoms with Crippen LogP contribution in [0.5, 0.6) is 0 Å². The van der Waals surface area contributed by atoms with Gasteiger partial charge in [0.05, 0.1) is 6.61 Å². The van der Waals surface area contributed by atoms with Crippen LogP contribution in [0.1, 0.15) is 5.56 Å². The molecule has 0 atom stereocenters. The molecule has 0 aliphatic carbocycles. The first-order valence-corrected chi connectivity index (χ1v) is 4.47. The van der Waals surface area contributed by atoms with E-state index in [0.717, 1.165) is 11.6 Å². The van der Waals surface area contributed by atoms with E-state index >= 15 is 0 Å². The Hall–Kier alpha value is -1.65. The fourth-order valence-corrected chi connectivity index (χ4v) is 0.732. The summed E-state index contributed by atoms with van der Waals surface area (Å²) in [7, 11) is 0. The van der Waals surface area contributed by atoms with E-state index in [1.807, 2.05) is 30.3 Å². The van der Waals surface area contributed by atoms with Crippen molar-refractivity contribution in [3.63, 3.8) is 0 Å². The monoisotopic (exact) mass is 209 g/mol. The van der Waals surface area contributed by atoms with Gasteiger partial charge in [-0.25, -0.2) is 4.79 Å². The molecule has 82 valence electrons. The van der Waals surface area contributed by atoms with E-state index in [1.165, 1.54) is 0 Å². The number of rotatable bonds is 3. The van der Waals surface area contributed by atoms with E-state index in [4.69, 9.17) is 15.9 Å². The van der Waals surface area contributed by atoms with Crippen molar-refractivity contribution in [3.8, 4) is 0 Å². The second-order valence-electron chi connectivity index (χ2n) is 2.59. The molecule has 0 aliphatic rings. The molecule has 4 heteroatoms. The van der Waals surface area contributed by atoms with E-state index < -0.39 is 5.97 Å². The zero-order chi connectivity index (χ0) is 11.5. The summed E-state index contributed by atoms with van der Waals surface area (Å²) in [5.74, 6) is -0.922. The van der Waals surface area contributed by atoms with Crippen LogP contribution in [-0.4, -0.2) is 29.3 Å². The maximum atomic E-state index is 10.1. The Balaban J connectivity index is 0.000000423. The number of aliphatic hydroxyl groups excluding tert-OH is 1. The molecule has 0 bridgehead atoms. The van der Waals surface area contributed by atoms with Gasteiger partial charge in [-0.1, -0.05) is 30.3 Å². The second kappa shape index (κ2) is 8.93. The summed E-state index contributed by atoms with van der Waals surface area (Å²) < 4.78 is 0. The van der Waals surface area contributed by atoms with E-state index in [1.54, 1.807) is 6.08 Å². The Kier molecular flexibility index (Phi) is 7.94. The lowest BCUT2D eigenvalue weighted by molar-refractivity contribution is -0.131. The van der Waals surface area contributed by atoms with Crippen molar-refractivity contribution in [2.24, 2.45) is 5.73 Å². The van der Waals surface area contributed by atoms with Crippen LogP contribution in [0.15, 0.2) is 36.4 Å². The highest BCUT2D eigenvalue weighted by Gasteiger charge is 1.85. The van der Waals surface area contributed by atoms with Gasteiger partial charge < -0.3 is 15.9 Å². The van der Waals surface area contributed by atoms with Gasteiger partial charge in [0, 0.05) is 12.6 Å². The van der Waals surface area contributed by atoms with Crippen LogP contribution in [-0.2, 0) is 4.79 Å². The molecular weight excluding hydrogens is 194 g/mol. The van der Waals surface area contributed by atoms with Gasteiger partial charge in [-0.05, 0) is 11.6 Å². The number of hydrogen-bond acceptors (Lipinski definition) is 3. The highest BCUT2D eigenvalue weighted by molar-refractivity contribution is 5.85. The molecule has 0 fully saturated rings. The van der Waals surface area contributed by atoms with Crippen LogP contribution in [0.3, 0.4) is 0 Å². The number of aliphatic carboxylic acids is 1. The van der Waals surface area contributed by atoms with Gasteiger partial charge in [0.1, 0.15) is 0 Å². The number of aliphatic hydroxyl groups is 1. The smallest absolute Gasteiger partial charge is 0.328 e. The van der Waals surface area contributed by atoms with E-state index in [-0.39, 0.29) is 6.61 Å². The molecule has 0 heterocycles. The lowest BCUT2D eigenvalue weighted by atomic mass is 10.2. The average molecular weight is 209 g/mol. The minimum Gasteiger partial charge on any atom is -0.478 e. The lowest BCUT2D eigenvalue weighted by Crippen LogP contribution is -2.02. The van der Waals surface area contributed by atoms with Gasteiger partial charge in [-0.3, -0.25) is 0 Å². The fourth-order valence-electron chi connectivity index (χ4n) is 0.732. The Bertz CT molecular complexity index is 294. The minimum atomic E-state index is -0.922. The Morgan fingerprint density at radius 1 is 1.33 bits per heavy atom. The third kappa shape index (κ3) is 8.67. The lowest BCUT2D eigenvalue weighted by Gasteiger charge is -1.87. The SMILES string of the molecule is NCCO.O=C(O)C=Cc1ccccc1. The van der Waals surface area contributed by atoms with E-state index in [9.17, 15) is 4.79 Å². The number of carboxylic acid groups (broad SMARTS) is 1. The molecule has 4 nitrogen and oxygen atoms in total. The summed E-state index contributed by atoms with van der Waals surface area (Å²) in [6.45, 7) is 0.472. The molecule has 0 aromatic heterocycles. The van der Waals surface area contributed by atoms with Crippen molar-refractivity contribution in [3.05, 3.63) is 42.0 Å². The first-order valence-electron chi connectivity index (χ1n) is 4.47. The number of carbonyl (C=O) groups is 1. The Morgan fingerprint density at radius 3 is 2.27 bits per heavy atom. The maximum absolute atomic E-state index is 10.1. The predicted octanol–water partition coefficient (Wildman–Crippen LogP) is 0.722. The first kappa shape index (κ1) is 13.4. The van der Waals surface area contributed by atoms with Crippen LogP contribution in [0.2, 0.25) is 0 Å². The normalized spacial score (nSPS) is 9.47. The zero-order valence-corrected chi connectivity index (χ0v) is 8.34. The van der Waals surface area contributed by atoms with Crippen LogP contribution in [0, 0.1) is 0 Å². The number of hydrogen-bond donors (Lipinski definition) is 3. The standard InChI is InChI=1S/C9H8O2.C2H7NO/c10-9(11)7-6-8-4-2-1-3-5-8;3-1-2-4/h1-7H,(H,10,11);4H,1-3H2.